The molecule has 0 saturated heterocycles. The Morgan fingerprint density at radius 3 is 2.75 bits per heavy atom. The molecule has 0 saturated carbocycles. The molecular formula is C10H9BrClN3S. The van der Waals surface area contributed by atoms with Gasteiger partial charge >= 0.3 is 0 Å². The van der Waals surface area contributed by atoms with Gasteiger partial charge in [-0.05, 0) is 28.9 Å². The van der Waals surface area contributed by atoms with E-state index in [4.69, 9.17) is 11.6 Å². The van der Waals surface area contributed by atoms with Gasteiger partial charge < -0.3 is 5.32 Å². The average molecular weight is 319 g/mol. The predicted octanol–water partition coefficient (Wildman–Crippen LogP) is 3.97. The lowest BCUT2D eigenvalue weighted by Gasteiger charge is -2.07. The third-order valence-electron chi connectivity index (χ3n) is 2.04. The monoisotopic (exact) mass is 317 g/mol. The highest BCUT2D eigenvalue weighted by Crippen LogP contribution is 2.31. The van der Waals surface area contributed by atoms with Gasteiger partial charge in [-0.3, -0.25) is 0 Å². The van der Waals surface area contributed by atoms with Crippen LogP contribution in [-0.2, 0) is 0 Å². The number of anilines is 1. The summed E-state index contributed by atoms with van der Waals surface area (Å²) in [5, 5.41) is 5.62. The summed E-state index contributed by atoms with van der Waals surface area (Å²) >= 11 is 10.9. The smallest absolute Gasteiger partial charge is 0.171 e. The van der Waals surface area contributed by atoms with Crippen LogP contribution in [0, 0.1) is 6.92 Å². The maximum atomic E-state index is 5.88. The molecule has 2 aromatic heterocycles. The number of rotatable bonds is 2. The minimum absolute atomic E-state index is 0.696. The van der Waals surface area contributed by atoms with Crippen molar-refractivity contribution in [3.05, 3.63) is 26.6 Å². The number of halogens is 2. The Balaban J connectivity index is 2.54. The molecule has 0 unspecified atom stereocenters. The highest BCUT2D eigenvalue weighted by Gasteiger charge is 2.11. The molecule has 3 nitrogen and oxygen atoms in total. The summed E-state index contributed by atoms with van der Waals surface area (Å²) in [6, 6.07) is 1.87. The summed E-state index contributed by atoms with van der Waals surface area (Å²) in [4.78, 5) is 9.81. The van der Waals surface area contributed by atoms with Gasteiger partial charge in [0, 0.05) is 12.4 Å². The van der Waals surface area contributed by atoms with Gasteiger partial charge in [-0.1, -0.05) is 11.6 Å². The topological polar surface area (TPSA) is 37.8 Å². The maximum Gasteiger partial charge on any atom is 0.171 e. The highest BCUT2D eigenvalue weighted by molar-refractivity contribution is 9.10. The van der Waals surface area contributed by atoms with Gasteiger partial charge in [0.2, 0.25) is 0 Å². The molecule has 6 heteroatoms. The summed E-state index contributed by atoms with van der Waals surface area (Å²) in [5.74, 6) is 1.48. The van der Waals surface area contributed by atoms with E-state index in [9.17, 15) is 0 Å². The predicted molar refractivity (Wildman–Crippen MR) is 72.3 cm³/mol. The van der Waals surface area contributed by atoms with E-state index < -0.39 is 0 Å². The molecular weight excluding hydrogens is 310 g/mol. The number of nitrogens with one attached hydrogen (secondary N) is 1. The molecule has 0 aliphatic carbocycles. The van der Waals surface area contributed by atoms with Crippen LogP contribution in [-0.4, -0.2) is 17.0 Å². The second-order valence-electron chi connectivity index (χ2n) is 3.17. The van der Waals surface area contributed by atoms with Crippen LogP contribution in [0.2, 0.25) is 5.02 Å². The van der Waals surface area contributed by atoms with Crippen molar-refractivity contribution >= 4 is 44.7 Å². The Morgan fingerprint density at radius 1 is 1.44 bits per heavy atom. The quantitative estimate of drug-likeness (QED) is 0.910. The fraction of sp³-hybridized carbons (Fsp3) is 0.200. The van der Waals surface area contributed by atoms with Crippen LogP contribution >= 0.6 is 38.9 Å². The highest BCUT2D eigenvalue weighted by atomic mass is 79.9. The first-order valence-electron chi connectivity index (χ1n) is 4.58. The Labute approximate surface area is 111 Å². The number of aryl methyl sites for hydroxylation is 1. The van der Waals surface area contributed by atoms with E-state index in [1.165, 1.54) is 11.3 Å². The minimum atomic E-state index is 0.696. The molecule has 2 aromatic rings. The summed E-state index contributed by atoms with van der Waals surface area (Å²) in [5.41, 5.74) is 0.902. The van der Waals surface area contributed by atoms with Crippen molar-refractivity contribution in [1.82, 2.24) is 9.97 Å². The number of nitrogens with zero attached hydrogens (tertiary/aromatic N) is 2. The zero-order valence-corrected chi connectivity index (χ0v) is 11.9. The Hall–Kier alpha value is -0.650. The van der Waals surface area contributed by atoms with E-state index in [-0.39, 0.29) is 0 Å². The van der Waals surface area contributed by atoms with Crippen LogP contribution < -0.4 is 5.32 Å². The van der Waals surface area contributed by atoms with Gasteiger partial charge in [0.15, 0.2) is 5.82 Å². The normalized spacial score (nSPS) is 10.5. The molecule has 2 heterocycles. The number of aromatic nitrogens is 2. The molecule has 16 heavy (non-hydrogen) atoms. The Bertz CT molecular complexity index is 527. The SMILES string of the molecule is CNc1nc(-c2cc(Cl)cs2)nc(C)c1Br. The van der Waals surface area contributed by atoms with E-state index in [1.54, 1.807) is 0 Å². The molecule has 0 bridgehead atoms. The van der Waals surface area contributed by atoms with E-state index >= 15 is 0 Å². The lowest BCUT2D eigenvalue weighted by Crippen LogP contribution is -1.99. The standard InChI is InChI=1S/C10H9BrClN3S/c1-5-8(11)10(13-2)15-9(14-5)7-3-6(12)4-16-7/h3-4H,1-2H3,(H,13,14,15). The largest absolute Gasteiger partial charge is 0.372 e. The van der Waals surface area contributed by atoms with Crippen LogP contribution in [0.5, 0.6) is 0 Å². The lowest BCUT2D eigenvalue weighted by molar-refractivity contribution is 1.10. The first-order valence-corrected chi connectivity index (χ1v) is 6.63. The number of hydrogen-bond acceptors (Lipinski definition) is 4. The summed E-state index contributed by atoms with van der Waals surface area (Å²) in [7, 11) is 1.83. The maximum absolute atomic E-state index is 5.88. The van der Waals surface area contributed by atoms with Crippen molar-refractivity contribution in [2.45, 2.75) is 6.92 Å². The molecule has 0 atom stereocenters. The Morgan fingerprint density at radius 2 is 2.19 bits per heavy atom. The van der Waals surface area contributed by atoms with Crippen LogP contribution in [0.25, 0.3) is 10.7 Å². The van der Waals surface area contributed by atoms with Gasteiger partial charge in [-0.15, -0.1) is 11.3 Å². The first kappa shape index (κ1) is 11.8. The molecule has 84 valence electrons. The lowest BCUT2D eigenvalue weighted by atomic mass is 10.3. The summed E-state index contributed by atoms with van der Waals surface area (Å²) in [6.07, 6.45) is 0. The molecule has 0 aromatic carbocycles. The van der Waals surface area contributed by atoms with E-state index in [0.717, 1.165) is 25.9 Å². The summed E-state index contributed by atoms with van der Waals surface area (Å²) in [6.45, 7) is 1.94. The number of thiophene rings is 1. The van der Waals surface area contributed by atoms with E-state index in [2.05, 4.69) is 31.2 Å². The van der Waals surface area contributed by atoms with Gasteiger partial charge in [0.1, 0.15) is 5.82 Å². The third-order valence-corrected chi connectivity index (χ3v) is 4.26. The first-order chi connectivity index (χ1) is 7.61. The zero-order valence-electron chi connectivity index (χ0n) is 8.71. The molecule has 0 aliphatic rings. The van der Waals surface area contributed by atoms with E-state index in [0.29, 0.717) is 5.82 Å². The van der Waals surface area contributed by atoms with Gasteiger partial charge in [-0.25, -0.2) is 9.97 Å². The number of hydrogen-bond donors (Lipinski definition) is 1. The third kappa shape index (κ3) is 2.21. The van der Waals surface area contributed by atoms with Gasteiger partial charge in [-0.2, -0.15) is 0 Å². The van der Waals surface area contributed by atoms with Crippen LogP contribution in [0.4, 0.5) is 5.82 Å². The van der Waals surface area contributed by atoms with Crippen LogP contribution in [0.15, 0.2) is 15.9 Å². The molecule has 0 radical (unpaired) electrons. The van der Waals surface area contributed by atoms with Crippen molar-refractivity contribution in [3.8, 4) is 10.7 Å². The van der Waals surface area contributed by atoms with Crippen molar-refractivity contribution in [2.75, 3.05) is 12.4 Å². The van der Waals surface area contributed by atoms with Crippen LogP contribution in [0.3, 0.4) is 0 Å². The van der Waals surface area contributed by atoms with Gasteiger partial charge in [0.25, 0.3) is 0 Å². The van der Waals surface area contributed by atoms with Crippen LogP contribution in [0.1, 0.15) is 5.69 Å². The molecule has 1 N–H and O–H groups in total. The summed E-state index contributed by atoms with van der Waals surface area (Å²) < 4.78 is 0.890. The van der Waals surface area contributed by atoms with Gasteiger partial charge in [0.05, 0.1) is 20.1 Å². The van der Waals surface area contributed by atoms with Crippen molar-refractivity contribution in [3.63, 3.8) is 0 Å². The van der Waals surface area contributed by atoms with Crippen molar-refractivity contribution in [1.29, 1.82) is 0 Å². The minimum Gasteiger partial charge on any atom is -0.372 e. The van der Waals surface area contributed by atoms with E-state index in [1.807, 2.05) is 25.4 Å². The van der Waals surface area contributed by atoms with Crippen molar-refractivity contribution < 1.29 is 0 Å². The second kappa shape index (κ2) is 4.69. The fourth-order valence-electron chi connectivity index (χ4n) is 1.27. The van der Waals surface area contributed by atoms with Crippen molar-refractivity contribution in [2.24, 2.45) is 0 Å². The molecule has 0 aliphatic heterocycles. The zero-order chi connectivity index (χ0) is 11.7. The fourth-order valence-corrected chi connectivity index (χ4v) is 2.65. The molecule has 0 spiro atoms. The average Bonchev–Trinajstić information content (AvgIpc) is 2.69. The second-order valence-corrected chi connectivity index (χ2v) is 5.32. The molecule has 0 fully saturated rings. The Kier molecular flexibility index (Phi) is 3.47. The molecule has 0 amide bonds. The molecule has 2 rings (SSSR count).